The smallest absolute Gasteiger partial charge is 0.145 e. The summed E-state index contributed by atoms with van der Waals surface area (Å²) in [5, 5.41) is 0. The Bertz CT molecular complexity index is 152. The van der Waals surface area contributed by atoms with Crippen molar-refractivity contribution >= 4 is 6.29 Å². The highest BCUT2D eigenvalue weighted by atomic mass is 16.1. The van der Waals surface area contributed by atoms with Gasteiger partial charge >= 0.3 is 0 Å². The lowest BCUT2D eigenvalue weighted by molar-refractivity contribution is -0.104. The molecular weight excluding hydrogens is 136 g/mol. The molecule has 0 aromatic heterocycles. The van der Waals surface area contributed by atoms with E-state index in [1.54, 1.807) is 0 Å². The van der Waals surface area contributed by atoms with E-state index in [0.29, 0.717) is 5.92 Å². The summed E-state index contributed by atoms with van der Waals surface area (Å²) < 4.78 is 0. The van der Waals surface area contributed by atoms with Crippen molar-refractivity contribution in [3.63, 3.8) is 0 Å². The van der Waals surface area contributed by atoms with Crippen LogP contribution in [0.3, 0.4) is 0 Å². The second-order valence-corrected chi connectivity index (χ2v) is 3.00. The molecule has 64 valence electrons. The van der Waals surface area contributed by atoms with E-state index in [4.69, 9.17) is 0 Å². The largest absolute Gasteiger partial charge is 0.298 e. The predicted molar refractivity (Wildman–Crippen MR) is 48.5 cm³/mol. The maximum atomic E-state index is 10.4. The van der Waals surface area contributed by atoms with Gasteiger partial charge in [0.25, 0.3) is 0 Å². The van der Waals surface area contributed by atoms with E-state index in [1.165, 1.54) is 5.57 Å². The Morgan fingerprint density at radius 1 is 1.27 bits per heavy atom. The van der Waals surface area contributed by atoms with E-state index >= 15 is 0 Å². The average Bonchev–Trinajstić information content (AvgIpc) is 2.05. The first-order chi connectivity index (χ1) is 5.17. The van der Waals surface area contributed by atoms with Crippen LogP contribution in [0.25, 0.3) is 0 Å². The van der Waals surface area contributed by atoms with E-state index < -0.39 is 0 Å². The lowest BCUT2D eigenvalue weighted by Gasteiger charge is -2.13. The van der Waals surface area contributed by atoms with Gasteiger partial charge in [0.2, 0.25) is 0 Å². The fraction of sp³-hybridized carbons (Fsp3) is 0.700. The van der Waals surface area contributed by atoms with Crippen LogP contribution in [-0.4, -0.2) is 6.29 Å². The maximum Gasteiger partial charge on any atom is 0.145 e. The maximum absolute atomic E-state index is 10.4. The highest BCUT2D eigenvalue weighted by Crippen LogP contribution is 2.20. The molecule has 0 rings (SSSR count). The van der Waals surface area contributed by atoms with Gasteiger partial charge in [-0.05, 0) is 38.2 Å². The molecular formula is C10H18O. The van der Waals surface area contributed by atoms with E-state index in [-0.39, 0.29) is 0 Å². The summed E-state index contributed by atoms with van der Waals surface area (Å²) in [4.78, 5) is 10.4. The Morgan fingerprint density at radius 3 is 2.00 bits per heavy atom. The van der Waals surface area contributed by atoms with Crippen molar-refractivity contribution in [3.05, 3.63) is 11.1 Å². The third-order valence-electron chi connectivity index (χ3n) is 2.40. The molecule has 0 N–H and O–H groups in total. The van der Waals surface area contributed by atoms with Crippen molar-refractivity contribution in [2.45, 2.75) is 40.5 Å². The van der Waals surface area contributed by atoms with E-state index in [9.17, 15) is 4.79 Å². The van der Waals surface area contributed by atoms with Crippen LogP contribution < -0.4 is 0 Å². The standard InChI is InChI=1S/C10H18O/c1-5-10(6-2)9(4)8(3)7-11/h7,10H,5-6H2,1-4H3. The quantitative estimate of drug-likeness (QED) is 0.449. The normalized spacial score (nSPS) is 13.2. The first-order valence-corrected chi connectivity index (χ1v) is 4.29. The Balaban J connectivity index is 4.40. The van der Waals surface area contributed by atoms with Crippen molar-refractivity contribution in [1.29, 1.82) is 0 Å². The zero-order valence-electron chi connectivity index (χ0n) is 7.98. The molecule has 0 amide bonds. The number of carbonyl (C=O) groups is 1. The number of aldehydes is 1. The van der Waals surface area contributed by atoms with Gasteiger partial charge in [0.15, 0.2) is 0 Å². The van der Waals surface area contributed by atoms with Crippen LogP contribution >= 0.6 is 0 Å². The van der Waals surface area contributed by atoms with Gasteiger partial charge in [-0.2, -0.15) is 0 Å². The molecule has 0 fully saturated rings. The molecule has 0 unspecified atom stereocenters. The topological polar surface area (TPSA) is 17.1 Å². The van der Waals surface area contributed by atoms with Crippen LogP contribution in [0.5, 0.6) is 0 Å². The number of hydrogen-bond acceptors (Lipinski definition) is 1. The Hall–Kier alpha value is -0.590. The van der Waals surface area contributed by atoms with Crippen molar-refractivity contribution in [2.75, 3.05) is 0 Å². The predicted octanol–water partition coefficient (Wildman–Crippen LogP) is 2.96. The van der Waals surface area contributed by atoms with Gasteiger partial charge in [-0.1, -0.05) is 19.4 Å². The molecule has 0 atom stereocenters. The molecule has 1 nitrogen and oxygen atoms in total. The van der Waals surface area contributed by atoms with E-state index in [0.717, 1.165) is 24.7 Å². The van der Waals surface area contributed by atoms with Gasteiger partial charge < -0.3 is 0 Å². The SMILES string of the molecule is CCC(CC)C(C)=C(C)C=O. The van der Waals surface area contributed by atoms with Gasteiger partial charge in [-0.25, -0.2) is 0 Å². The molecule has 1 heteroatoms. The van der Waals surface area contributed by atoms with Gasteiger partial charge in [-0.15, -0.1) is 0 Å². The highest BCUT2D eigenvalue weighted by Gasteiger charge is 2.07. The minimum atomic E-state index is 0.597. The second-order valence-electron chi connectivity index (χ2n) is 3.00. The Labute approximate surface area is 69.5 Å². The summed E-state index contributed by atoms with van der Waals surface area (Å²) in [6.45, 7) is 8.27. The van der Waals surface area contributed by atoms with Gasteiger partial charge in [0.05, 0.1) is 0 Å². The molecule has 0 heterocycles. The van der Waals surface area contributed by atoms with Crippen LogP contribution in [0, 0.1) is 5.92 Å². The molecule has 0 aromatic carbocycles. The monoisotopic (exact) mass is 154 g/mol. The fourth-order valence-corrected chi connectivity index (χ4v) is 1.32. The summed E-state index contributed by atoms with van der Waals surface area (Å²) in [6, 6.07) is 0. The molecule has 0 bridgehead atoms. The summed E-state index contributed by atoms with van der Waals surface area (Å²) in [7, 11) is 0. The molecule has 0 saturated heterocycles. The summed E-state index contributed by atoms with van der Waals surface area (Å²) in [6.07, 6.45) is 3.22. The number of allylic oxidation sites excluding steroid dienone is 2. The minimum Gasteiger partial charge on any atom is -0.298 e. The lowest BCUT2D eigenvalue weighted by atomic mass is 9.92. The zero-order chi connectivity index (χ0) is 8.85. The van der Waals surface area contributed by atoms with Crippen LogP contribution in [0.15, 0.2) is 11.1 Å². The van der Waals surface area contributed by atoms with Crippen LogP contribution in [0.4, 0.5) is 0 Å². The van der Waals surface area contributed by atoms with Crippen LogP contribution in [0.1, 0.15) is 40.5 Å². The van der Waals surface area contributed by atoms with Crippen molar-refractivity contribution in [3.8, 4) is 0 Å². The molecule has 0 saturated carbocycles. The van der Waals surface area contributed by atoms with Crippen LogP contribution in [-0.2, 0) is 4.79 Å². The summed E-state index contributed by atoms with van der Waals surface area (Å²) in [5.74, 6) is 0.597. The molecule has 0 radical (unpaired) electrons. The molecule has 0 aliphatic rings. The third kappa shape index (κ3) is 2.87. The summed E-state index contributed by atoms with van der Waals surface area (Å²) in [5.41, 5.74) is 2.16. The third-order valence-corrected chi connectivity index (χ3v) is 2.40. The number of hydrogen-bond donors (Lipinski definition) is 0. The Morgan fingerprint density at radius 2 is 1.73 bits per heavy atom. The van der Waals surface area contributed by atoms with Gasteiger partial charge in [-0.3, -0.25) is 4.79 Å². The molecule has 0 aromatic rings. The van der Waals surface area contributed by atoms with Gasteiger partial charge in [0, 0.05) is 0 Å². The molecule has 11 heavy (non-hydrogen) atoms. The number of rotatable bonds is 4. The van der Waals surface area contributed by atoms with Gasteiger partial charge in [0.1, 0.15) is 6.29 Å². The van der Waals surface area contributed by atoms with Crippen LogP contribution in [0.2, 0.25) is 0 Å². The Kier molecular flexibility index (Phi) is 4.84. The minimum absolute atomic E-state index is 0.597. The van der Waals surface area contributed by atoms with E-state index in [1.807, 2.05) is 6.92 Å². The molecule has 0 spiro atoms. The van der Waals surface area contributed by atoms with Crippen molar-refractivity contribution < 1.29 is 4.79 Å². The molecule has 0 aliphatic carbocycles. The average molecular weight is 154 g/mol. The van der Waals surface area contributed by atoms with Crippen molar-refractivity contribution in [1.82, 2.24) is 0 Å². The van der Waals surface area contributed by atoms with E-state index in [2.05, 4.69) is 20.8 Å². The first-order valence-electron chi connectivity index (χ1n) is 4.29. The highest BCUT2D eigenvalue weighted by molar-refractivity contribution is 5.73. The fourth-order valence-electron chi connectivity index (χ4n) is 1.32. The molecule has 0 aliphatic heterocycles. The van der Waals surface area contributed by atoms with Crippen molar-refractivity contribution in [2.24, 2.45) is 5.92 Å². The number of carbonyl (C=O) groups excluding carboxylic acids is 1. The first kappa shape index (κ1) is 10.4. The second kappa shape index (κ2) is 5.11. The lowest BCUT2D eigenvalue weighted by Crippen LogP contribution is -2.01. The summed E-state index contributed by atoms with van der Waals surface area (Å²) >= 11 is 0. The zero-order valence-corrected chi connectivity index (χ0v) is 7.98.